The molecule has 16 heavy (non-hydrogen) atoms. The van der Waals surface area contributed by atoms with E-state index in [1.165, 1.54) is 11.1 Å². The van der Waals surface area contributed by atoms with Crippen molar-refractivity contribution in [1.82, 2.24) is 0 Å². The van der Waals surface area contributed by atoms with Crippen LogP contribution in [0.3, 0.4) is 0 Å². The van der Waals surface area contributed by atoms with E-state index in [-0.39, 0.29) is 12.0 Å². The summed E-state index contributed by atoms with van der Waals surface area (Å²) in [6.45, 7) is 8.51. The van der Waals surface area contributed by atoms with Crippen LogP contribution >= 0.6 is 0 Å². The molecule has 2 aromatic rings. The van der Waals surface area contributed by atoms with Gasteiger partial charge in [0.05, 0.1) is 0 Å². The maximum Gasteiger partial charge on any atom is 0.138 e. The second-order valence-electron chi connectivity index (χ2n) is 5.29. The van der Waals surface area contributed by atoms with E-state index in [0.29, 0.717) is 5.76 Å². The van der Waals surface area contributed by atoms with Gasteiger partial charge >= 0.3 is 0 Å². The summed E-state index contributed by atoms with van der Waals surface area (Å²) in [4.78, 5) is 0. The van der Waals surface area contributed by atoms with Gasteiger partial charge < -0.3 is 9.52 Å². The number of hydrogen-bond acceptors (Lipinski definition) is 2. The first-order valence-electron chi connectivity index (χ1n) is 5.57. The molecule has 0 unspecified atom stereocenters. The van der Waals surface area contributed by atoms with E-state index in [0.717, 1.165) is 11.0 Å². The van der Waals surface area contributed by atoms with Gasteiger partial charge in [-0.25, -0.2) is 0 Å². The second-order valence-corrected chi connectivity index (χ2v) is 5.29. The lowest BCUT2D eigenvalue weighted by molar-refractivity contribution is 0.250. The molecule has 1 aromatic carbocycles. The van der Waals surface area contributed by atoms with E-state index in [1.807, 2.05) is 6.07 Å². The minimum Gasteiger partial charge on any atom is -0.458 e. The first kappa shape index (κ1) is 11.2. The van der Waals surface area contributed by atoms with Crippen LogP contribution in [-0.2, 0) is 12.0 Å². The molecule has 0 spiro atoms. The largest absolute Gasteiger partial charge is 0.458 e. The van der Waals surface area contributed by atoms with Crippen LogP contribution in [0.5, 0.6) is 0 Å². The van der Waals surface area contributed by atoms with Crippen LogP contribution in [0.4, 0.5) is 0 Å². The van der Waals surface area contributed by atoms with E-state index >= 15 is 0 Å². The van der Waals surface area contributed by atoms with Gasteiger partial charge in [-0.05, 0) is 24.0 Å². The molecule has 2 heteroatoms. The van der Waals surface area contributed by atoms with Gasteiger partial charge in [0.2, 0.25) is 0 Å². The van der Waals surface area contributed by atoms with Crippen LogP contribution < -0.4 is 0 Å². The summed E-state index contributed by atoms with van der Waals surface area (Å²) in [6, 6.07) is 6.15. The third-order valence-corrected chi connectivity index (χ3v) is 2.92. The van der Waals surface area contributed by atoms with Gasteiger partial charge in [-0.2, -0.15) is 0 Å². The van der Waals surface area contributed by atoms with E-state index in [4.69, 9.17) is 9.52 Å². The van der Waals surface area contributed by atoms with Crippen LogP contribution in [0.25, 0.3) is 11.0 Å². The molecular weight excluding hydrogens is 200 g/mol. The van der Waals surface area contributed by atoms with Crippen molar-refractivity contribution in [3.8, 4) is 0 Å². The summed E-state index contributed by atoms with van der Waals surface area (Å²) in [5.74, 6) is 0.634. The molecule has 1 aromatic heterocycles. The molecular formula is C14H18O2. The Hall–Kier alpha value is -1.28. The molecule has 0 radical (unpaired) electrons. The Balaban J connectivity index is 2.77. The third-order valence-electron chi connectivity index (χ3n) is 2.92. The van der Waals surface area contributed by atoms with E-state index < -0.39 is 0 Å². The summed E-state index contributed by atoms with van der Waals surface area (Å²) >= 11 is 0. The first-order chi connectivity index (χ1) is 7.43. The molecule has 2 rings (SSSR count). The number of aliphatic hydroxyl groups excluding tert-OH is 1. The fourth-order valence-electron chi connectivity index (χ4n) is 1.98. The highest BCUT2D eigenvalue weighted by Crippen LogP contribution is 2.33. The van der Waals surface area contributed by atoms with Crippen molar-refractivity contribution < 1.29 is 9.52 Å². The Bertz CT molecular complexity index is 515. The van der Waals surface area contributed by atoms with Gasteiger partial charge in [-0.1, -0.05) is 32.9 Å². The van der Waals surface area contributed by atoms with Crippen molar-refractivity contribution in [2.24, 2.45) is 0 Å². The number of fused-ring (bicyclic) bond motifs is 1. The zero-order chi connectivity index (χ0) is 11.9. The van der Waals surface area contributed by atoms with Crippen LogP contribution in [0.15, 0.2) is 22.6 Å². The van der Waals surface area contributed by atoms with Crippen molar-refractivity contribution >= 4 is 11.0 Å². The van der Waals surface area contributed by atoms with E-state index in [2.05, 4.69) is 39.8 Å². The van der Waals surface area contributed by atoms with Crippen molar-refractivity contribution in [2.45, 2.75) is 39.7 Å². The fourth-order valence-corrected chi connectivity index (χ4v) is 1.98. The molecule has 0 aliphatic carbocycles. The van der Waals surface area contributed by atoms with Gasteiger partial charge in [0.1, 0.15) is 18.0 Å². The monoisotopic (exact) mass is 218 g/mol. The van der Waals surface area contributed by atoms with Crippen molar-refractivity contribution in [2.75, 3.05) is 0 Å². The number of aryl methyl sites for hydroxylation is 1. The molecule has 2 nitrogen and oxygen atoms in total. The minimum atomic E-state index is -0.0439. The quantitative estimate of drug-likeness (QED) is 0.794. The average molecular weight is 218 g/mol. The van der Waals surface area contributed by atoms with Crippen LogP contribution in [0, 0.1) is 6.92 Å². The maximum absolute atomic E-state index is 9.13. The Morgan fingerprint density at radius 2 is 1.94 bits per heavy atom. The van der Waals surface area contributed by atoms with Crippen molar-refractivity contribution in [3.05, 3.63) is 35.1 Å². The molecule has 1 heterocycles. The van der Waals surface area contributed by atoms with E-state index in [9.17, 15) is 0 Å². The molecule has 0 saturated carbocycles. The predicted octanol–water partition coefficient (Wildman–Crippen LogP) is 3.53. The molecule has 1 N–H and O–H groups in total. The summed E-state index contributed by atoms with van der Waals surface area (Å²) in [5.41, 5.74) is 3.34. The van der Waals surface area contributed by atoms with Gasteiger partial charge in [0.15, 0.2) is 0 Å². The van der Waals surface area contributed by atoms with Gasteiger partial charge in [-0.15, -0.1) is 0 Å². The van der Waals surface area contributed by atoms with Crippen LogP contribution in [0.1, 0.15) is 37.7 Å². The third kappa shape index (κ3) is 1.74. The highest BCUT2D eigenvalue weighted by atomic mass is 16.4. The fraction of sp³-hybridized carbons (Fsp3) is 0.429. The van der Waals surface area contributed by atoms with Gasteiger partial charge in [-0.3, -0.25) is 0 Å². The lowest BCUT2D eigenvalue weighted by Crippen LogP contribution is -2.11. The molecule has 0 amide bonds. The standard InChI is InChI=1S/C14H18O2/c1-9-5-6-12(14(2,3)4)13-11(9)7-10(8-15)16-13/h5-7,15H,8H2,1-4H3. The lowest BCUT2D eigenvalue weighted by Gasteiger charge is -2.19. The first-order valence-corrected chi connectivity index (χ1v) is 5.57. The Morgan fingerprint density at radius 1 is 1.25 bits per heavy atom. The number of rotatable bonds is 1. The van der Waals surface area contributed by atoms with E-state index in [1.54, 1.807) is 0 Å². The lowest BCUT2D eigenvalue weighted by atomic mass is 9.85. The highest BCUT2D eigenvalue weighted by molar-refractivity contribution is 5.85. The molecule has 0 saturated heterocycles. The molecule has 0 aliphatic heterocycles. The number of benzene rings is 1. The number of furan rings is 1. The Morgan fingerprint density at radius 3 is 2.50 bits per heavy atom. The maximum atomic E-state index is 9.13. The molecule has 0 aliphatic rings. The molecule has 0 bridgehead atoms. The normalized spacial score (nSPS) is 12.3. The smallest absolute Gasteiger partial charge is 0.138 e. The minimum absolute atomic E-state index is 0.0439. The zero-order valence-corrected chi connectivity index (χ0v) is 10.3. The van der Waals surface area contributed by atoms with Gasteiger partial charge in [0, 0.05) is 10.9 Å². The molecule has 0 fully saturated rings. The Kier molecular flexibility index (Phi) is 2.55. The summed E-state index contributed by atoms with van der Waals surface area (Å²) < 4.78 is 5.71. The zero-order valence-electron chi connectivity index (χ0n) is 10.3. The SMILES string of the molecule is Cc1ccc(C(C)(C)C)c2oc(CO)cc12. The highest BCUT2D eigenvalue weighted by Gasteiger charge is 2.20. The second kappa shape index (κ2) is 3.63. The molecule has 86 valence electrons. The molecule has 0 atom stereocenters. The average Bonchev–Trinajstić information content (AvgIpc) is 2.60. The van der Waals surface area contributed by atoms with Crippen molar-refractivity contribution in [3.63, 3.8) is 0 Å². The topological polar surface area (TPSA) is 33.4 Å². The number of hydrogen-bond donors (Lipinski definition) is 1. The van der Waals surface area contributed by atoms with Crippen LogP contribution in [-0.4, -0.2) is 5.11 Å². The number of aliphatic hydroxyl groups is 1. The summed E-state index contributed by atoms with van der Waals surface area (Å²) in [6.07, 6.45) is 0. The van der Waals surface area contributed by atoms with Gasteiger partial charge in [0.25, 0.3) is 0 Å². The predicted molar refractivity (Wildman–Crippen MR) is 65.6 cm³/mol. The van der Waals surface area contributed by atoms with Crippen LogP contribution in [0.2, 0.25) is 0 Å². The summed E-state index contributed by atoms with van der Waals surface area (Å²) in [5, 5.41) is 10.2. The Labute approximate surface area is 95.9 Å². The van der Waals surface area contributed by atoms with Crippen molar-refractivity contribution in [1.29, 1.82) is 0 Å². The summed E-state index contributed by atoms with van der Waals surface area (Å²) in [7, 11) is 0.